The van der Waals surface area contributed by atoms with Crippen molar-refractivity contribution in [1.29, 1.82) is 0 Å². The molecule has 6 heteroatoms. The summed E-state index contributed by atoms with van der Waals surface area (Å²) in [5, 5.41) is 8.73. The number of ether oxygens (including phenoxy) is 1. The molecule has 1 N–H and O–H groups in total. The number of anilines is 1. The van der Waals surface area contributed by atoms with Crippen LogP contribution in [0.15, 0.2) is 36.9 Å². The van der Waals surface area contributed by atoms with Crippen molar-refractivity contribution in [3.05, 3.63) is 42.7 Å². The summed E-state index contributed by atoms with van der Waals surface area (Å²) in [4.78, 5) is 23.1. The number of carbonyl (C=O) groups is 2. The van der Waals surface area contributed by atoms with Gasteiger partial charge in [-0.15, -0.1) is 0 Å². The molecule has 0 atom stereocenters. The van der Waals surface area contributed by atoms with E-state index in [0.29, 0.717) is 0 Å². The van der Waals surface area contributed by atoms with Crippen LogP contribution in [0.3, 0.4) is 0 Å². The van der Waals surface area contributed by atoms with E-state index in [-0.39, 0.29) is 12.3 Å². The lowest BCUT2D eigenvalue weighted by molar-refractivity contribution is -0.135. The minimum atomic E-state index is -1.23. The van der Waals surface area contributed by atoms with Gasteiger partial charge in [0.05, 0.1) is 5.69 Å². The number of rotatable bonds is 5. The van der Waals surface area contributed by atoms with Crippen molar-refractivity contribution in [1.82, 2.24) is 0 Å². The molecule has 1 aromatic rings. The number of hydrogen-bond donors (Lipinski definition) is 1. The highest BCUT2D eigenvalue weighted by atomic mass is 19.1. The largest absolute Gasteiger partial charge is 0.480 e. The van der Waals surface area contributed by atoms with Crippen LogP contribution in [-0.4, -0.2) is 30.3 Å². The number of carbonyl (C=O) groups excluding carboxylic acids is 1. The van der Waals surface area contributed by atoms with E-state index in [1.54, 1.807) is 0 Å². The Kier molecular flexibility index (Phi) is 4.86. The van der Waals surface area contributed by atoms with E-state index in [0.717, 1.165) is 11.0 Å². The fourth-order valence-corrected chi connectivity index (χ4v) is 1.25. The van der Waals surface area contributed by atoms with E-state index in [2.05, 4.69) is 6.58 Å². The van der Waals surface area contributed by atoms with Gasteiger partial charge in [0.25, 0.3) is 0 Å². The van der Waals surface area contributed by atoms with Crippen molar-refractivity contribution >= 4 is 17.7 Å². The Bertz CT molecular complexity index is 461. The second-order valence-electron chi connectivity index (χ2n) is 3.33. The van der Waals surface area contributed by atoms with Crippen LogP contribution < -0.4 is 4.90 Å². The van der Waals surface area contributed by atoms with E-state index in [4.69, 9.17) is 9.84 Å². The van der Waals surface area contributed by atoms with Crippen LogP contribution in [0, 0.1) is 5.82 Å². The van der Waals surface area contributed by atoms with Crippen molar-refractivity contribution in [3.8, 4) is 0 Å². The summed E-state index contributed by atoms with van der Waals surface area (Å²) in [6.07, 6.45) is 0.477. The van der Waals surface area contributed by atoms with E-state index < -0.39 is 24.4 Å². The Morgan fingerprint density at radius 3 is 2.78 bits per heavy atom. The van der Waals surface area contributed by atoms with Crippen LogP contribution in [0.1, 0.15) is 0 Å². The quantitative estimate of drug-likeness (QED) is 0.815. The molecular formula is C12H12FNO4. The predicted octanol–water partition coefficient (Wildman–Crippen LogP) is 2.04. The number of halogens is 1. The lowest BCUT2D eigenvalue weighted by Gasteiger charge is -2.19. The first kappa shape index (κ1) is 13.7. The van der Waals surface area contributed by atoms with Crippen LogP contribution in [0.5, 0.6) is 0 Å². The molecule has 0 heterocycles. The van der Waals surface area contributed by atoms with Gasteiger partial charge in [0.2, 0.25) is 0 Å². The molecule has 1 amide bonds. The normalized spacial score (nSPS) is 9.61. The molecule has 0 spiro atoms. The molecule has 1 rings (SSSR count). The molecule has 5 nitrogen and oxygen atoms in total. The number of amides is 1. The van der Waals surface area contributed by atoms with Gasteiger partial charge < -0.3 is 9.84 Å². The number of hydrogen-bond acceptors (Lipinski definition) is 3. The van der Waals surface area contributed by atoms with Gasteiger partial charge in [0.15, 0.2) is 0 Å². The maximum atomic E-state index is 13.0. The summed E-state index contributed by atoms with van der Waals surface area (Å²) in [5.74, 6) is -1.80. The molecule has 0 aliphatic heterocycles. The van der Waals surface area contributed by atoms with E-state index in [1.807, 2.05) is 0 Å². The molecule has 96 valence electrons. The molecule has 0 saturated carbocycles. The van der Waals surface area contributed by atoms with E-state index >= 15 is 0 Å². The van der Waals surface area contributed by atoms with Crippen LogP contribution in [0.2, 0.25) is 0 Å². The molecule has 18 heavy (non-hydrogen) atoms. The Morgan fingerprint density at radius 2 is 2.22 bits per heavy atom. The molecule has 0 aromatic heterocycles. The molecule has 0 aliphatic rings. The molecule has 0 saturated heterocycles. The zero-order valence-corrected chi connectivity index (χ0v) is 9.51. The third-order valence-electron chi connectivity index (χ3n) is 1.96. The maximum Gasteiger partial charge on any atom is 0.415 e. The third kappa shape index (κ3) is 3.89. The molecule has 0 radical (unpaired) electrons. The number of benzene rings is 1. The fraction of sp³-hybridized carbons (Fsp3) is 0.167. The number of nitrogens with zero attached hydrogens (tertiary/aromatic N) is 1. The average Bonchev–Trinajstić information content (AvgIpc) is 2.32. The maximum absolute atomic E-state index is 13.0. The Balaban J connectivity index is 2.93. The second kappa shape index (κ2) is 6.39. The summed E-state index contributed by atoms with van der Waals surface area (Å²) in [5.41, 5.74) is 0.117. The minimum absolute atomic E-state index is 0.0513. The summed E-state index contributed by atoms with van der Waals surface area (Å²) < 4.78 is 17.8. The highest BCUT2D eigenvalue weighted by Crippen LogP contribution is 2.16. The molecule has 0 fully saturated rings. The summed E-state index contributed by atoms with van der Waals surface area (Å²) in [6, 6.07) is 5.04. The van der Waals surface area contributed by atoms with Gasteiger partial charge in [-0.1, -0.05) is 18.7 Å². The van der Waals surface area contributed by atoms with Crippen molar-refractivity contribution < 1.29 is 23.8 Å². The first-order chi connectivity index (χ1) is 8.54. The van der Waals surface area contributed by atoms with Gasteiger partial charge in [0, 0.05) is 0 Å². The van der Waals surface area contributed by atoms with Gasteiger partial charge in [-0.05, 0) is 18.2 Å². The standard InChI is InChI=1S/C12H12FNO4/c1-2-6-18-12(17)14(8-11(15)16)10-5-3-4-9(13)7-10/h2-5,7H,1,6,8H2,(H,15,16). The second-order valence-corrected chi connectivity index (χ2v) is 3.33. The van der Waals surface area contributed by atoms with Crippen molar-refractivity contribution in [2.45, 2.75) is 0 Å². The van der Waals surface area contributed by atoms with Crippen LogP contribution in [-0.2, 0) is 9.53 Å². The van der Waals surface area contributed by atoms with Crippen molar-refractivity contribution in [2.75, 3.05) is 18.1 Å². The number of carboxylic acids is 1. The molecule has 0 aliphatic carbocycles. The lowest BCUT2D eigenvalue weighted by atomic mass is 10.3. The average molecular weight is 253 g/mol. The highest BCUT2D eigenvalue weighted by molar-refractivity contribution is 5.92. The Hall–Kier alpha value is -2.37. The highest BCUT2D eigenvalue weighted by Gasteiger charge is 2.20. The minimum Gasteiger partial charge on any atom is -0.480 e. The van der Waals surface area contributed by atoms with E-state index in [1.165, 1.54) is 24.3 Å². The third-order valence-corrected chi connectivity index (χ3v) is 1.96. The molecular weight excluding hydrogens is 241 g/mol. The molecule has 0 bridgehead atoms. The summed E-state index contributed by atoms with van der Waals surface area (Å²) in [6.45, 7) is 2.70. The summed E-state index contributed by atoms with van der Waals surface area (Å²) in [7, 11) is 0. The van der Waals surface area contributed by atoms with Crippen molar-refractivity contribution in [3.63, 3.8) is 0 Å². The first-order valence-electron chi connectivity index (χ1n) is 5.07. The van der Waals surface area contributed by atoms with E-state index in [9.17, 15) is 14.0 Å². The predicted molar refractivity (Wildman–Crippen MR) is 62.9 cm³/mol. The number of aliphatic carboxylic acids is 1. The van der Waals surface area contributed by atoms with Crippen LogP contribution >= 0.6 is 0 Å². The number of carboxylic acid groups (broad SMARTS) is 1. The molecule has 0 unspecified atom stereocenters. The first-order valence-corrected chi connectivity index (χ1v) is 5.07. The molecule has 1 aromatic carbocycles. The van der Waals surface area contributed by atoms with Gasteiger partial charge in [-0.3, -0.25) is 9.69 Å². The Morgan fingerprint density at radius 1 is 1.50 bits per heavy atom. The van der Waals surface area contributed by atoms with Gasteiger partial charge in [0.1, 0.15) is 19.0 Å². The van der Waals surface area contributed by atoms with Gasteiger partial charge in [-0.25, -0.2) is 9.18 Å². The fourth-order valence-electron chi connectivity index (χ4n) is 1.25. The zero-order chi connectivity index (χ0) is 13.5. The van der Waals surface area contributed by atoms with Crippen molar-refractivity contribution in [2.24, 2.45) is 0 Å². The zero-order valence-electron chi connectivity index (χ0n) is 9.51. The topological polar surface area (TPSA) is 66.8 Å². The van der Waals surface area contributed by atoms with Gasteiger partial charge in [-0.2, -0.15) is 0 Å². The van der Waals surface area contributed by atoms with Crippen LogP contribution in [0.4, 0.5) is 14.9 Å². The van der Waals surface area contributed by atoms with Gasteiger partial charge >= 0.3 is 12.1 Å². The monoisotopic (exact) mass is 253 g/mol. The van der Waals surface area contributed by atoms with Crippen LogP contribution in [0.25, 0.3) is 0 Å². The smallest absolute Gasteiger partial charge is 0.415 e. The summed E-state index contributed by atoms with van der Waals surface area (Å²) >= 11 is 0. The lowest BCUT2D eigenvalue weighted by Crippen LogP contribution is -2.36. The SMILES string of the molecule is C=CCOC(=O)N(CC(=O)O)c1cccc(F)c1. The Labute approximate surface area is 103 Å².